The molecular weight excluding hydrogens is 309 g/mol. The monoisotopic (exact) mass is 321 g/mol. The minimum atomic E-state index is -0.468. The molecule has 0 amide bonds. The number of hydrogen-bond donors (Lipinski definition) is 2. The molecule has 6 heteroatoms. The second kappa shape index (κ2) is 5.34. The predicted molar refractivity (Wildman–Crippen MR) is 88.3 cm³/mol. The van der Waals surface area contributed by atoms with Crippen molar-refractivity contribution in [1.29, 1.82) is 0 Å². The molecule has 0 unspecified atom stereocenters. The fraction of sp³-hybridized carbons (Fsp3) is 0. The summed E-state index contributed by atoms with van der Waals surface area (Å²) in [5.74, 6) is -0.720. The number of nitrogens with one attached hydrogen (secondary N) is 1. The third-order valence-electron chi connectivity index (χ3n) is 3.88. The number of aromatic nitrogens is 3. The highest BCUT2D eigenvalue weighted by molar-refractivity contribution is 5.79. The summed E-state index contributed by atoms with van der Waals surface area (Å²) in [5, 5.41) is 14.6. The quantitative estimate of drug-likeness (QED) is 0.595. The smallest absolute Gasteiger partial charge is 0.262 e. The van der Waals surface area contributed by atoms with Gasteiger partial charge in [0.25, 0.3) is 5.56 Å². The van der Waals surface area contributed by atoms with Crippen LogP contribution >= 0.6 is 0 Å². The van der Waals surface area contributed by atoms with Gasteiger partial charge in [-0.15, -0.1) is 0 Å². The van der Waals surface area contributed by atoms with E-state index in [4.69, 9.17) is 0 Å². The van der Waals surface area contributed by atoms with E-state index in [-0.39, 0.29) is 17.1 Å². The van der Waals surface area contributed by atoms with Crippen molar-refractivity contribution in [2.75, 3.05) is 0 Å². The lowest BCUT2D eigenvalue weighted by atomic mass is 10.1. The number of aromatic amines is 1. The highest BCUT2D eigenvalue weighted by atomic mass is 19.1. The number of rotatable bonds is 2. The molecule has 0 bridgehead atoms. The van der Waals surface area contributed by atoms with Gasteiger partial charge in [0.1, 0.15) is 17.0 Å². The van der Waals surface area contributed by atoms with Crippen LogP contribution in [0.25, 0.3) is 27.9 Å². The normalized spacial score (nSPS) is 11.0. The van der Waals surface area contributed by atoms with Gasteiger partial charge < -0.3 is 10.1 Å². The van der Waals surface area contributed by atoms with E-state index in [9.17, 15) is 14.3 Å². The number of H-pyrrole nitrogens is 1. The average molecular weight is 321 g/mol. The van der Waals surface area contributed by atoms with Crippen molar-refractivity contribution < 1.29 is 9.50 Å². The van der Waals surface area contributed by atoms with Gasteiger partial charge in [-0.25, -0.2) is 4.39 Å². The Kier molecular flexibility index (Phi) is 3.16. The molecule has 0 spiro atoms. The Labute approximate surface area is 135 Å². The van der Waals surface area contributed by atoms with Gasteiger partial charge in [-0.2, -0.15) is 9.61 Å². The van der Waals surface area contributed by atoms with Gasteiger partial charge in [-0.3, -0.25) is 4.79 Å². The van der Waals surface area contributed by atoms with Crippen LogP contribution in [-0.2, 0) is 0 Å². The maximum atomic E-state index is 14.0. The summed E-state index contributed by atoms with van der Waals surface area (Å²) >= 11 is 0. The molecule has 0 fully saturated rings. The highest BCUT2D eigenvalue weighted by Crippen LogP contribution is 2.30. The third kappa shape index (κ3) is 2.08. The molecule has 2 aromatic carbocycles. The Morgan fingerprint density at radius 1 is 1.00 bits per heavy atom. The zero-order chi connectivity index (χ0) is 16.7. The summed E-state index contributed by atoms with van der Waals surface area (Å²) in [6.45, 7) is 0. The molecule has 0 radical (unpaired) electrons. The molecule has 2 aromatic heterocycles. The Bertz CT molecular complexity index is 1100. The highest BCUT2D eigenvalue weighted by Gasteiger charge is 2.18. The minimum absolute atomic E-state index is 0.117. The van der Waals surface area contributed by atoms with Crippen molar-refractivity contribution in [2.45, 2.75) is 0 Å². The Morgan fingerprint density at radius 3 is 2.46 bits per heavy atom. The van der Waals surface area contributed by atoms with Gasteiger partial charge in [-0.1, -0.05) is 48.5 Å². The topological polar surface area (TPSA) is 70.4 Å². The lowest BCUT2D eigenvalue weighted by molar-refractivity contribution is 0.437. The van der Waals surface area contributed by atoms with E-state index < -0.39 is 11.4 Å². The standard InChI is InChI=1S/C18H12FN3O2/c19-14-9-5-4-8-12(14)13-10-20-22-16(13)21-17(23)15(18(22)24)11-6-2-1-3-7-11/h1-10,24H,(H,21,23). The summed E-state index contributed by atoms with van der Waals surface area (Å²) in [7, 11) is 0. The zero-order valence-corrected chi connectivity index (χ0v) is 12.4. The molecule has 2 heterocycles. The largest absolute Gasteiger partial charge is 0.493 e. The zero-order valence-electron chi connectivity index (χ0n) is 12.4. The SMILES string of the molecule is O=c1[nH]c2c(-c3ccccc3F)cnn2c(O)c1-c1ccccc1. The van der Waals surface area contributed by atoms with Gasteiger partial charge in [0.2, 0.25) is 5.88 Å². The number of fused-ring (bicyclic) bond motifs is 1. The van der Waals surface area contributed by atoms with Crippen molar-refractivity contribution >= 4 is 5.65 Å². The Hall–Kier alpha value is -3.41. The number of halogens is 1. The number of nitrogens with zero attached hydrogens (tertiary/aromatic N) is 2. The van der Waals surface area contributed by atoms with Crippen LogP contribution in [0, 0.1) is 5.82 Å². The fourth-order valence-corrected chi connectivity index (χ4v) is 2.75. The maximum Gasteiger partial charge on any atom is 0.262 e. The van der Waals surface area contributed by atoms with Crippen molar-refractivity contribution in [1.82, 2.24) is 14.6 Å². The molecular formula is C18H12FN3O2. The molecule has 5 nitrogen and oxygen atoms in total. The molecule has 4 rings (SSSR count). The molecule has 0 atom stereocenters. The molecule has 0 saturated heterocycles. The first-order valence-corrected chi connectivity index (χ1v) is 7.30. The van der Waals surface area contributed by atoms with Gasteiger partial charge in [0.15, 0.2) is 0 Å². The predicted octanol–water partition coefficient (Wildman–Crippen LogP) is 3.20. The van der Waals surface area contributed by atoms with Gasteiger partial charge in [-0.05, 0) is 11.6 Å². The number of hydrogen-bond acceptors (Lipinski definition) is 3. The van der Waals surface area contributed by atoms with Gasteiger partial charge in [0.05, 0.1) is 6.20 Å². The lowest BCUT2D eigenvalue weighted by Gasteiger charge is -2.07. The van der Waals surface area contributed by atoms with Gasteiger partial charge >= 0.3 is 0 Å². The molecule has 24 heavy (non-hydrogen) atoms. The second-order valence-corrected chi connectivity index (χ2v) is 5.32. The molecule has 0 saturated carbocycles. The van der Waals surface area contributed by atoms with Crippen molar-refractivity contribution in [3.63, 3.8) is 0 Å². The van der Waals surface area contributed by atoms with Gasteiger partial charge in [0, 0.05) is 11.1 Å². The van der Waals surface area contributed by atoms with E-state index in [1.54, 1.807) is 42.5 Å². The van der Waals surface area contributed by atoms with Crippen LogP contribution < -0.4 is 5.56 Å². The van der Waals surface area contributed by atoms with E-state index in [0.717, 1.165) is 0 Å². The van der Waals surface area contributed by atoms with Crippen molar-refractivity contribution in [2.24, 2.45) is 0 Å². The molecule has 118 valence electrons. The van der Waals surface area contributed by atoms with Crippen LogP contribution in [-0.4, -0.2) is 19.7 Å². The Balaban J connectivity index is 2.01. The minimum Gasteiger partial charge on any atom is -0.493 e. The van der Waals surface area contributed by atoms with Crippen LogP contribution in [0.2, 0.25) is 0 Å². The van der Waals surface area contributed by atoms with Crippen LogP contribution in [0.4, 0.5) is 4.39 Å². The van der Waals surface area contributed by atoms with E-state index >= 15 is 0 Å². The van der Waals surface area contributed by atoms with E-state index in [1.165, 1.54) is 16.8 Å². The van der Waals surface area contributed by atoms with Crippen LogP contribution in [0.1, 0.15) is 0 Å². The summed E-state index contributed by atoms with van der Waals surface area (Å²) in [6, 6.07) is 15.0. The third-order valence-corrected chi connectivity index (χ3v) is 3.88. The van der Waals surface area contributed by atoms with Crippen molar-refractivity contribution in [3.8, 4) is 28.1 Å². The number of aromatic hydroxyl groups is 1. The molecule has 0 aliphatic rings. The first kappa shape index (κ1) is 14.2. The summed E-state index contributed by atoms with van der Waals surface area (Å²) in [4.78, 5) is 15.2. The average Bonchev–Trinajstić information content (AvgIpc) is 3.00. The van der Waals surface area contributed by atoms with E-state index in [1.807, 2.05) is 6.07 Å². The first-order valence-electron chi connectivity index (χ1n) is 7.30. The summed E-state index contributed by atoms with van der Waals surface area (Å²) in [6.07, 6.45) is 1.41. The molecule has 0 aliphatic heterocycles. The molecule has 0 aliphatic carbocycles. The van der Waals surface area contributed by atoms with E-state index in [2.05, 4.69) is 10.1 Å². The molecule has 2 N–H and O–H groups in total. The maximum absolute atomic E-state index is 14.0. The Morgan fingerprint density at radius 2 is 1.71 bits per heavy atom. The van der Waals surface area contributed by atoms with E-state index in [0.29, 0.717) is 16.7 Å². The second-order valence-electron chi connectivity index (χ2n) is 5.32. The van der Waals surface area contributed by atoms with Crippen LogP contribution in [0.3, 0.4) is 0 Å². The summed E-state index contributed by atoms with van der Waals surface area (Å²) in [5.41, 5.74) is 1.16. The van der Waals surface area contributed by atoms with Crippen LogP contribution in [0.15, 0.2) is 65.6 Å². The molecule has 4 aromatic rings. The lowest BCUT2D eigenvalue weighted by Crippen LogP contribution is -2.12. The van der Waals surface area contributed by atoms with Crippen molar-refractivity contribution in [3.05, 3.63) is 77.0 Å². The number of benzene rings is 2. The first-order chi connectivity index (χ1) is 11.7. The fourth-order valence-electron chi connectivity index (χ4n) is 2.75. The summed E-state index contributed by atoms with van der Waals surface area (Å²) < 4.78 is 15.2. The van der Waals surface area contributed by atoms with Crippen LogP contribution in [0.5, 0.6) is 5.88 Å².